The molecule has 0 aromatic carbocycles. The molecule has 2 unspecified atom stereocenters. The summed E-state index contributed by atoms with van der Waals surface area (Å²) in [5.74, 6) is 0. The third-order valence-electron chi connectivity index (χ3n) is 3.27. The molecule has 1 rings (SSSR count). The molecule has 0 saturated carbocycles. The van der Waals surface area contributed by atoms with Gasteiger partial charge in [-0.3, -0.25) is 0 Å². The molecule has 1 N–H and O–H groups in total. The Morgan fingerprint density at radius 2 is 2.24 bits per heavy atom. The molecule has 1 heterocycles. The number of hydrogen-bond acceptors (Lipinski definition) is 3. The maximum absolute atomic E-state index is 5.76. The predicted octanol–water partition coefficient (Wildman–Crippen LogP) is 2.74. The van der Waals surface area contributed by atoms with Crippen molar-refractivity contribution in [3.05, 3.63) is 0 Å². The van der Waals surface area contributed by atoms with Gasteiger partial charge < -0.3 is 14.8 Å². The van der Waals surface area contributed by atoms with Crippen molar-refractivity contribution in [2.24, 2.45) is 0 Å². The predicted molar refractivity (Wildman–Crippen MR) is 71.4 cm³/mol. The van der Waals surface area contributed by atoms with Crippen LogP contribution in [0.15, 0.2) is 0 Å². The first kappa shape index (κ1) is 14.9. The molecule has 0 bridgehead atoms. The fourth-order valence-electron chi connectivity index (χ4n) is 2.33. The minimum Gasteiger partial charge on any atom is -0.380 e. The van der Waals surface area contributed by atoms with Crippen LogP contribution in [-0.2, 0) is 9.47 Å². The zero-order chi connectivity index (χ0) is 12.3. The van der Waals surface area contributed by atoms with E-state index in [1.807, 2.05) is 0 Å². The Labute approximate surface area is 106 Å². The van der Waals surface area contributed by atoms with Crippen molar-refractivity contribution in [3.8, 4) is 0 Å². The summed E-state index contributed by atoms with van der Waals surface area (Å²) >= 11 is 0. The fraction of sp³-hybridized carbons (Fsp3) is 1.00. The van der Waals surface area contributed by atoms with Gasteiger partial charge in [0, 0.05) is 19.3 Å². The van der Waals surface area contributed by atoms with E-state index in [-0.39, 0.29) is 0 Å². The monoisotopic (exact) mass is 243 g/mol. The molecular weight excluding hydrogens is 214 g/mol. The molecule has 17 heavy (non-hydrogen) atoms. The van der Waals surface area contributed by atoms with Gasteiger partial charge in [-0.05, 0) is 45.1 Å². The molecule has 0 aromatic heterocycles. The highest BCUT2D eigenvalue weighted by Gasteiger charge is 2.16. The van der Waals surface area contributed by atoms with Crippen molar-refractivity contribution >= 4 is 0 Å². The van der Waals surface area contributed by atoms with Gasteiger partial charge >= 0.3 is 0 Å². The third kappa shape index (κ3) is 7.02. The van der Waals surface area contributed by atoms with Gasteiger partial charge in [-0.2, -0.15) is 0 Å². The SMILES string of the molecule is CCCOCC(CCC1CCCCO1)NCC. The van der Waals surface area contributed by atoms with E-state index < -0.39 is 0 Å². The van der Waals surface area contributed by atoms with Gasteiger partial charge in [-0.1, -0.05) is 13.8 Å². The van der Waals surface area contributed by atoms with E-state index in [1.54, 1.807) is 0 Å². The lowest BCUT2D eigenvalue weighted by atomic mass is 10.0. The zero-order valence-corrected chi connectivity index (χ0v) is 11.5. The summed E-state index contributed by atoms with van der Waals surface area (Å²) in [7, 11) is 0. The fourth-order valence-corrected chi connectivity index (χ4v) is 2.33. The van der Waals surface area contributed by atoms with Crippen LogP contribution < -0.4 is 5.32 Å². The maximum atomic E-state index is 5.76. The largest absolute Gasteiger partial charge is 0.380 e. The lowest BCUT2D eigenvalue weighted by molar-refractivity contribution is 0.00608. The zero-order valence-electron chi connectivity index (χ0n) is 11.5. The van der Waals surface area contributed by atoms with Gasteiger partial charge in [0.05, 0.1) is 12.7 Å². The minimum atomic E-state index is 0.496. The first-order valence-corrected chi connectivity index (χ1v) is 7.29. The Bertz CT molecular complexity index is 170. The van der Waals surface area contributed by atoms with E-state index in [0.29, 0.717) is 12.1 Å². The van der Waals surface area contributed by atoms with Gasteiger partial charge in [0.25, 0.3) is 0 Å². The Balaban J connectivity index is 2.13. The molecule has 0 amide bonds. The summed E-state index contributed by atoms with van der Waals surface area (Å²) in [4.78, 5) is 0. The van der Waals surface area contributed by atoms with E-state index in [4.69, 9.17) is 9.47 Å². The normalized spacial score (nSPS) is 22.6. The Hall–Kier alpha value is -0.120. The second-order valence-corrected chi connectivity index (χ2v) is 4.90. The number of nitrogens with one attached hydrogen (secondary N) is 1. The number of rotatable bonds is 9. The van der Waals surface area contributed by atoms with Crippen molar-refractivity contribution in [2.45, 2.75) is 64.5 Å². The molecule has 0 aliphatic carbocycles. The van der Waals surface area contributed by atoms with Gasteiger partial charge in [0.2, 0.25) is 0 Å². The van der Waals surface area contributed by atoms with Crippen molar-refractivity contribution in [1.82, 2.24) is 5.32 Å². The highest BCUT2D eigenvalue weighted by Crippen LogP contribution is 2.17. The maximum Gasteiger partial charge on any atom is 0.0619 e. The summed E-state index contributed by atoms with van der Waals surface area (Å²) in [6.45, 7) is 8.01. The van der Waals surface area contributed by atoms with Crippen molar-refractivity contribution < 1.29 is 9.47 Å². The summed E-state index contributed by atoms with van der Waals surface area (Å²) in [6, 6.07) is 0.497. The smallest absolute Gasteiger partial charge is 0.0619 e. The van der Waals surface area contributed by atoms with Crippen LogP contribution in [0.4, 0.5) is 0 Å². The highest BCUT2D eigenvalue weighted by molar-refractivity contribution is 4.71. The Morgan fingerprint density at radius 3 is 2.88 bits per heavy atom. The summed E-state index contributed by atoms with van der Waals surface area (Å²) < 4.78 is 11.4. The van der Waals surface area contributed by atoms with Crippen LogP contribution in [0.1, 0.15) is 52.4 Å². The van der Waals surface area contributed by atoms with Crippen LogP contribution >= 0.6 is 0 Å². The van der Waals surface area contributed by atoms with E-state index in [9.17, 15) is 0 Å². The van der Waals surface area contributed by atoms with E-state index in [2.05, 4.69) is 19.2 Å². The molecule has 2 atom stereocenters. The molecule has 0 aromatic rings. The van der Waals surface area contributed by atoms with Crippen LogP contribution in [0.25, 0.3) is 0 Å². The van der Waals surface area contributed by atoms with Crippen LogP contribution in [0, 0.1) is 0 Å². The summed E-state index contributed by atoms with van der Waals surface area (Å²) in [6.07, 6.45) is 7.76. The average molecular weight is 243 g/mol. The van der Waals surface area contributed by atoms with Gasteiger partial charge in [0.1, 0.15) is 0 Å². The van der Waals surface area contributed by atoms with Crippen molar-refractivity contribution in [1.29, 1.82) is 0 Å². The van der Waals surface area contributed by atoms with Crippen LogP contribution in [0.3, 0.4) is 0 Å². The first-order valence-electron chi connectivity index (χ1n) is 7.29. The van der Waals surface area contributed by atoms with E-state index in [1.165, 1.54) is 32.1 Å². The van der Waals surface area contributed by atoms with Crippen LogP contribution in [0.2, 0.25) is 0 Å². The van der Waals surface area contributed by atoms with Crippen LogP contribution in [-0.4, -0.2) is 38.5 Å². The molecule has 1 aliphatic rings. The van der Waals surface area contributed by atoms with E-state index >= 15 is 0 Å². The second-order valence-electron chi connectivity index (χ2n) is 4.90. The second kappa shape index (κ2) is 9.86. The van der Waals surface area contributed by atoms with Gasteiger partial charge in [-0.25, -0.2) is 0 Å². The minimum absolute atomic E-state index is 0.496. The van der Waals surface area contributed by atoms with Gasteiger partial charge in [-0.15, -0.1) is 0 Å². The molecule has 3 nitrogen and oxygen atoms in total. The molecule has 102 valence electrons. The van der Waals surface area contributed by atoms with E-state index in [0.717, 1.165) is 32.8 Å². The molecule has 1 aliphatic heterocycles. The number of likely N-dealkylation sites (N-methyl/N-ethyl adjacent to an activating group) is 1. The molecule has 1 saturated heterocycles. The average Bonchev–Trinajstić information content (AvgIpc) is 2.37. The molecule has 1 fully saturated rings. The van der Waals surface area contributed by atoms with Gasteiger partial charge in [0.15, 0.2) is 0 Å². The standard InChI is InChI=1S/C14H29NO2/c1-3-10-16-12-13(15-4-2)8-9-14-7-5-6-11-17-14/h13-15H,3-12H2,1-2H3. The first-order chi connectivity index (χ1) is 8.36. The summed E-state index contributed by atoms with van der Waals surface area (Å²) in [5, 5.41) is 3.50. The number of hydrogen-bond donors (Lipinski definition) is 1. The summed E-state index contributed by atoms with van der Waals surface area (Å²) in [5.41, 5.74) is 0. The highest BCUT2D eigenvalue weighted by atomic mass is 16.5. The van der Waals surface area contributed by atoms with Crippen molar-refractivity contribution in [2.75, 3.05) is 26.4 Å². The molecule has 0 radical (unpaired) electrons. The third-order valence-corrected chi connectivity index (χ3v) is 3.27. The topological polar surface area (TPSA) is 30.5 Å². The Morgan fingerprint density at radius 1 is 1.35 bits per heavy atom. The van der Waals surface area contributed by atoms with Crippen LogP contribution in [0.5, 0.6) is 0 Å². The molecule has 3 heteroatoms. The Kier molecular flexibility index (Phi) is 8.67. The molecule has 0 spiro atoms. The van der Waals surface area contributed by atoms with Crippen molar-refractivity contribution in [3.63, 3.8) is 0 Å². The quantitative estimate of drug-likeness (QED) is 0.632. The lowest BCUT2D eigenvalue weighted by Crippen LogP contribution is -2.35. The molecular formula is C14H29NO2. The number of ether oxygens (including phenoxy) is 2. The lowest BCUT2D eigenvalue weighted by Gasteiger charge is -2.25.